The monoisotopic (exact) mass is 639 g/mol. The maximum atomic E-state index is 6.87. The van der Waals surface area contributed by atoms with Crippen LogP contribution in [-0.2, 0) is 0 Å². The molecular formula is C45H25N3O2. The Morgan fingerprint density at radius 2 is 0.980 bits per heavy atom. The fourth-order valence-electron chi connectivity index (χ4n) is 7.50. The van der Waals surface area contributed by atoms with Crippen molar-refractivity contribution < 1.29 is 8.83 Å². The number of nitrogens with zero attached hydrogens (tertiary/aromatic N) is 3. The van der Waals surface area contributed by atoms with Gasteiger partial charge in [-0.05, 0) is 63.3 Å². The van der Waals surface area contributed by atoms with Crippen molar-refractivity contribution >= 4 is 76.2 Å². The van der Waals surface area contributed by atoms with Gasteiger partial charge < -0.3 is 8.83 Å². The normalized spacial score (nSPS) is 12.0. The first kappa shape index (κ1) is 27.1. The number of rotatable bonds is 3. The van der Waals surface area contributed by atoms with Gasteiger partial charge in [0, 0.05) is 43.6 Å². The fourth-order valence-corrected chi connectivity index (χ4v) is 7.50. The minimum absolute atomic E-state index is 0.571. The molecule has 0 aliphatic rings. The Hall–Kier alpha value is -6.85. The second-order valence-electron chi connectivity index (χ2n) is 12.8. The Labute approximate surface area is 285 Å². The van der Waals surface area contributed by atoms with Gasteiger partial charge in [-0.3, -0.25) is 0 Å². The van der Waals surface area contributed by atoms with E-state index in [4.69, 9.17) is 23.8 Å². The van der Waals surface area contributed by atoms with E-state index in [-0.39, 0.29) is 0 Å². The third-order valence-electron chi connectivity index (χ3n) is 9.86. The van der Waals surface area contributed by atoms with Gasteiger partial charge in [-0.15, -0.1) is 0 Å². The zero-order chi connectivity index (χ0) is 32.8. The molecule has 0 bridgehead atoms. The number of hydrogen-bond donors (Lipinski definition) is 0. The Kier molecular flexibility index (Phi) is 5.60. The molecule has 0 aliphatic carbocycles. The average Bonchev–Trinajstić information content (AvgIpc) is 3.74. The lowest BCUT2D eigenvalue weighted by atomic mass is 9.95. The van der Waals surface area contributed by atoms with E-state index in [9.17, 15) is 0 Å². The highest BCUT2D eigenvalue weighted by atomic mass is 16.3. The van der Waals surface area contributed by atoms with E-state index in [0.29, 0.717) is 17.5 Å². The lowest BCUT2D eigenvalue weighted by molar-refractivity contribution is 0.669. The molecular weight excluding hydrogens is 615 g/mol. The Morgan fingerprint density at radius 1 is 0.340 bits per heavy atom. The molecule has 0 atom stereocenters. The predicted molar refractivity (Wildman–Crippen MR) is 203 cm³/mol. The second kappa shape index (κ2) is 10.3. The summed E-state index contributed by atoms with van der Waals surface area (Å²) in [4.78, 5) is 15.4. The van der Waals surface area contributed by atoms with E-state index >= 15 is 0 Å². The Bertz CT molecular complexity index is 3160. The summed E-state index contributed by atoms with van der Waals surface area (Å²) in [5.74, 6) is 1.75. The largest absolute Gasteiger partial charge is 0.456 e. The number of furan rings is 2. The van der Waals surface area contributed by atoms with Gasteiger partial charge >= 0.3 is 0 Å². The van der Waals surface area contributed by atoms with Crippen molar-refractivity contribution in [3.63, 3.8) is 0 Å². The van der Waals surface area contributed by atoms with Crippen LogP contribution in [0, 0.1) is 0 Å². The van der Waals surface area contributed by atoms with Crippen LogP contribution < -0.4 is 0 Å². The van der Waals surface area contributed by atoms with Crippen molar-refractivity contribution in [3.8, 4) is 34.2 Å². The van der Waals surface area contributed by atoms with Gasteiger partial charge in [-0.25, -0.2) is 15.0 Å². The Morgan fingerprint density at radius 3 is 1.84 bits per heavy atom. The first-order chi connectivity index (χ1) is 24.7. The molecule has 0 amide bonds. The van der Waals surface area contributed by atoms with Crippen LogP contribution in [0.25, 0.3) is 110 Å². The van der Waals surface area contributed by atoms with E-state index in [0.717, 1.165) is 92.9 Å². The third-order valence-corrected chi connectivity index (χ3v) is 9.86. The topological polar surface area (TPSA) is 65.0 Å². The molecule has 5 heteroatoms. The van der Waals surface area contributed by atoms with Crippen LogP contribution in [-0.4, -0.2) is 15.0 Å². The van der Waals surface area contributed by atoms with Crippen molar-refractivity contribution in [3.05, 3.63) is 152 Å². The molecule has 0 fully saturated rings. The molecule has 232 valence electrons. The summed E-state index contributed by atoms with van der Waals surface area (Å²) in [6.45, 7) is 0. The Balaban J connectivity index is 1.24. The standard InChI is InChI=1S/C45H25N3O2/c1-2-11-27(12-3-1)43-46-44(31-20-21-34-33-16-8-9-17-37(33)49-38(34)25-31)48-45(47-43)36-23-30-19-18-26-10-6-7-15-32(26)40(30)42-41(36)35-22-28-13-4-5-14-29(28)24-39(35)50-42/h1-25H. The van der Waals surface area contributed by atoms with Gasteiger partial charge in [-0.2, -0.15) is 0 Å². The third kappa shape index (κ3) is 4.04. The summed E-state index contributed by atoms with van der Waals surface area (Å²) in [5, 5.41) is 10.9. The van der Waals surface area contributed by atoms with E-state index in [1.54, 1.807) is 0 Å². The summed E-state index contributed by atoms with van der Waals surface area (Å²) < 4.78 is 13.1. The molecule has 3 heterocycles. The van der Waals surface area contributed by atoms with Crippen molar-refractivity contribution in [2.45, 2.75) is 0 Å². The quantitative estimate of drug-likeness (QED) is 0.180. The number of para-hydroxylation sites is 1. The van der Waals surface area contributed by atoms with Crippen LogP contribution in [0.15, 0.2) is 160 Å². The first-order valence-corrected chi connectivity index (χ1v) is 16.7. The first-order valence-electron chi connectivity index (χ1n) is 16.7. The molecule has 0 radical (unpaired) electrons. The average molecular weight is 640 g/mol. The van der Waals surface area contributed by atoms with Crippen LogP contribution in [0.2, 0.25) is 0 Å². The molecule has 5 nitrogen and oxygen atoms in total. The highest BCUT2D eigenvalue weighted by Gasteiger charge is 2.22. The van der Waals surface area contributed by atoms with Crippen LogP contribution in [0.1, 0.15) is 0 Å². The van der Waals surface area contributed by atoms with Crippen LogP contribution >= 0.6 is 0 Å². The highest BCUT2D eigenvalue weighted by molar-refractivity contribution is 6.27. The molecule has 0 saturated heterocycles. The molecule has 0 saturated carbocycles. The minimum atomic E-state index is 0.571. The second-order valence-corrected chi connectivity index (χ2v) is 12.8. The summed E-state index contributed by atoms with van der Waals surface area (Å²) >= 11 is 0. The maximum Gasteiger partial charge on any atom is 0.164 e. The van der Waals surface area contributed by atoms with Gasteiger partial charge in [0.25, 0.3) is 0 Å². The molecule has 0 N–H and O–H groups in total. The minimum Gasteiger partial charge on any atom is -0.456 e. The van der Waals surface area contributed by atoms with Gasteiger partial charge in [0.15, 0.2) is 17.5 Å². The summed E-state index contributed by atoms with van der Waals surface area (Å²) in [6.07, 6.45) is 0. The van der Waals surface area contributed by atoms with Gasteiger partial charge in [-0.1, -0.05) is 115 Å². The van der Waals surface area contributed by atoms with Crippen LogP contribution in [0.3, 0.4) is 0 Å². The smallest absolute Gasteiger partial charge is 0.164 e. The number of benzene rings is 8. The van der Waals surface area contributed by atoms with E-state index < -0.39 is 0 Å². The number of fused-ring (bicyclic) bond motifs is 11. The van der Waals surface area contributed by atoms with E-state index in [2.05, 4.69) is 97.1 Å². The van der Waals surface area contributed by atoms with Crippen LogP contribution in [0.4, 0.5) is 0 Å². The lowest BCUT2D eigenvalue weighted by Crippen LogP contribution is -2.00. The summed E-state index contributed by atoms with van der Waals surface area (Å²) in [7, 11) is 0. The molecule has 0 aliphatic heterocycles. The van der Waals surface area contributed by atoms with Crippen molar-refractivity contribution in [1.29, 1.82) is 0 Å². The van der Waals surface area contributed by atoms with Gasteiger partial charge in [0.1, 0.15) is 22.3 Å². The molecule has 8 aromatic carbocycles. The molecule has 0 unspecified atom stereocenters. The van der Waals surface area contributed by atoms with Crippen molar-refractivity contribution in [1.82, 2.24) is 15.0 Å². The van der Waals surface area contributed by atoms with Crippen LogP contribution in [0.5, 0.6) is 0 Å². The molecule has 11 rings (SSSR count). The molecule has 3 aromatic heterocycles. The molecule has 50 heavy (non-hydrogen) atoms. The molecule has 11 aromatic rings. The van der Waals surface area contributed by atoms with Gasteiger partial charge in [0.05, 0.1) is 0 Å². The highest BCUT2D eigenvalue weighted by Crippen LogP contribution is 2.44. The number of hydrogen-bond acceptors (Lipinski definition) is 5. The fraction of sp³-hybridized carbons (Fsp3) is 0. The summed E-state index contributed by atoms with van der Waals surface area (Å²) in [6, 6.07) is 52.2. The van der Waals surface area contributed by atoms with E-state index in [1.165, 1.54) is 0 Å². The van der Waals surface area contributed by atoms with Crippen molar-refractivity contribution in [2.75, 3.05) is 0 Å². The molecule has 0 spiro atoms. The SMILES string of the molecule is c1ccc(-c2nc(-c3ccc4c(c3)oc3ccccc34)nc(-c3cc4ccc5ccccc5c4c4oc5cc6ccccc6cc5c34)n2)cc1. The zero-order valence-corrected chi connectivity index (χ0v) is 26.6. The summed E-state index contributed by atoms with van der Waals surface area (Å²) in [5.41, 5.74) is 5.95. The maximum absolute atomic E-state index is 6.87. The van der Waals surface area contributed by atoms with Gasteiger partial charge in [0.2, 0.25) is 0 Å². The number of aromatic nitrogens is 3. The van der Waals surface area contributed by atoms with Crippen molar-refractivity contribution in [2.24, 2.45) is 0 Å². The lowest BCUT2D eigenvalue weighted by Gasteiger charge is -2.11. The predicted octanol–water partition coefficient (Wildman–Crippen LogP) is 12.1. The van der Waals surface area contributed by atoms with E-state index in [1.807, 2.05) is 54.6 Å². The zero-order valence-electron chi connectivity index (χ0n) is 26.6.